The molecule has 0 unspecified atom stereocenters. The molecule has 1 aromatic carbocycles. The van der Waals surface area contributed by atoms with Gasteiger partial charge in [0.1, 0.15) is 5.65 Å². The van der Waals surface area contributed by atoms with E-state index in [2.05, 4.69) is 22.2 Å². The van der Waals surface area contributed by atoms with Crippen LogP contribution >= 0.6 is 0 Å². The van der Waals surface area contributed by atoms with Gasteiger partial charge in [-0.05, 0) is 11.6 Å². The Morgan fingerprint density at radius 3 is 2.88 bits per heavy atom. The number of rotatable bonds is 3. The van der Waals surface area contributed by atoms with Crippen molar-refractivity contribution < 1.29 is 4.79 Å². The van der Waals surface area contributed by atoms with E-state index >= 15 is 0 Å². The molecular formula is C13H11N3O. The summed E-state index contributed by atoms with van der Waals surface area (Å²) in [5.41, 5.74) is 2.65. The van der Waals surface area contributed by atoms with Crippen LogP contribution in [0.4, 0.5) is 0 Å². The van der Waals surface area contributed by atoms with Gasteiger partial charge in [-0.1, -0.05) is 30.3 Å². The van der Waals surface area contributed by atoms with E-state index in [-0.39, 0.29) is 0 Å². The zero-order valence-electron chi connectivity index (χ0n) is 9.13. The number of benzene rings is 1. The Balaban J connectivity index is 2.00. The fourth-order valence-corrected chi connectivity index (χ4v) is 1.92. The zero-order chi connectivity index (χ0) is 11.7. The van der Waals surface area contributed by atoms with Crippen molar-refractivity contribution in [2.45, 2.75) is 6.54 Å². The van der Waals surface area contributed by atoms with Crippen LogP contribution in [0.2, 0.25) is 0 Å². The second-order valence-electron chi connectivity index (χ2n) is 3.93. The highest BCUT2D eigenvalue weighted by molar-refractivity contribution is 5.85. The van der Waals surface area contributed by atoms with Crippen LogP contribution in [0.3, 0.4) is 0 Å². The van der Waals surface area contributed by atoms with Gasteiger partial charge in [0.15, 0.2) is 6.29 Å². The van der Waals surface area contributed by atoms with E-state index in [1.165, 1.54) is 5.56 Å². The van der Waals surface area contributed by atoms with Crippen LogP contribution in [-0.2, 0) is 6.54 Å². The summed E-state index contributed by atoms with van der Waals surface area (Å²) in [5, 5.41) is 5.26. The summed E-state index contributed by atoms with van der Waals surface area (Å²) < 4.78 is 1.86. The minimum atomic E-state index is 0.583. The Hall–Kier alpha value is -2.36. The fourth-order valence-electron chi connectivity index (χ4n) is 1.92. The molecule has 4 nitrogen and oxygen atoms in total. The smallest absolute Gasteiger partial charge is 0.166 e. The second kappa shape index (κ2) is 3.90. The molecule has 0 aliphatic heterocycles. The molecule has 0 spiro atoms. The van der Waals surface area contributed by atoms with Crippen molar-refractivity contribution in [1.29, 1.82) is 0 Å². The number of hydrogen-bond acceptors (Lipinski definition) is 2. The molecule has 3 aromatic rings. The van der Waals surface area contributed by atoms with Gasteiger partial charge >= 0.3 is 0 Å². The van der Waals surface area contributed by atoms with Crippen molar-refractivity contribution in [3.63, 3.8) is 0 Å². The van der Waals surface area contributed by atoms with Crippen molar-refractivity contribution in [3.05, 3.63) is 53.9 Å². The van der Waals surface area contributed by atoms with E-state index in [9.17, 15) is 4.79 Å². The van der Waals surface area contributed by atoms with E-state index in [4.69, 9.17) is 0 Å². The minimum absolute atomic E-state index is 0.583. The lowest BCUT2D eigenvalue weighted by atomic mass is 10.2. The van der Waals surface area contributed by atoms with Crippen LogP contribution < -0.4 is 0 Å². The number of H-pyrrole nitrogens is 1. The molecule has 0 aliphatic carbocycles. The monoisotopic (exact) mass is 225 g/mol. The van der Waals surface area contributed by atoms with Crippen molar-refractivity contribution >= 4 is 17.3 Å². The Labute approximate surface area is 97.9 Å². The lowest BCUT2D eigenvalue weighted by Crippen LogP contribution is -2.01. The first-order chi connectivity index (χ1) is 8.36. The summed E-state index contributed by atoms with van der Waals surface area (Å²) in [6.07, 6.45) is 2.58. The fraction of sp³-hybridized carbons (Fsp3) is 0.0769. The number of carbonyl (C=O) groups is 1. The number of fused-ring (bicyclic) bond motifs is 1. The number of aldehydes is 1. The van der Waals surface area contributed by atoms with Gasteiger partial charge in [-0.15, -0.1) is 0 Å². The molecule has 0 amide bonds. The maximum Gasteiger partial charge on any atom is 0.166 e. The van der Waals surface area contributed by atoms with Crippen molar-refractivity contribution in [2.24, 2.45) is 0 Å². The van der Waals surface area contributed by atoms with Crippen LogP contribution in [0.5, 0.6) is 0 Å². The summed E-state index contributed by atoms with van der Waals surface area (Å²) >= 11 is 0. The third kappa shape index (κ3) is 1.73. The molecular weight excluding hydrogens is 214 g/mol. The van der Waals surface area contributed by atoms with Gasteiger partial charge < -0.3 is 4.98 Å². The molecule has 2 heterocycles. The van der Waals surface area contributed by atoms with Gasteiger partial charge in [0.2, 0.25) is 0 Å². The molecule has 4 heteroatoms. The van der Waals surface area contributed by atoms with Gasteiger partial charge in [0, 0.05) is 5.39 Å². The Morgan fingerprint density at radius 1 is 1.29 bits per heavy atom. The normalized spacial score (nSPS) is 10.8. The Kier molecular flexibility index (Phi) is 2.26. The summed E-state index contributed by atoms with van der Waals surface area (Å²) in [6.45, 7) is 0.698. The molecule has 17 heavy (non-hydrogen) atoms. The standard InChI is InChI=1S/C13H11N3O/c17-9-12-6-11-7-14-16(13(11)15-12)8-10-4-2-1-3-5-10/h1-7,9,15H,8H2. The van der Waals surface area contributed by atoms with Crippen LogP contribution in [0.15, 0.2) is 42.6 Å². The van der Waals surface area contributed by atoms with Crippen LogP contribution in [0.1, 0.15) is 16.1 Å². The lowest BCUT2D eigenvalue weighted by Gasteiger charge is -2.02. The summed E-state index contributed by atoms with van der Waals surface area (Å²) in [7, 11) is 0. The summed E-state index contributed by atoms with van der Waals surface area (Å²) in [4.78, 5) is 13.7. The van der Waals surface area contributed by atoms with Crippen LogP contribution in [-0.4, -0.2) is 21.1 Å². The van der Waals surface area contributed by atoms with Gasteiger partial charge in [0.05, 0.1) is 18.4 Å². The average Bonchev–Trinajstić information content (AvgIpc) is 2.92. The lowest BCUT2D eigenvalue weighted by molar-refractivity contribution is 0.111. The number of hydrogen-bond donors (Lipinski definition) is 1. The zero-order valence-corrected chi connectivity index (χ0v) is 9.13. The van der Waals surface area contributed by atoms with Gasteiger partial charge in [-0.3, -0.25) is 4.79 Å². The average molecular weight is 225 g/mol. The number of nitrogens with one attached hydrogen (secondary N) is 1. The number of nitrogens with zero attached hydrogens (tertiary/aromatic N) is 2. The third-order valence-electron chi connectivity index (χ3n) is 2.74. The van der Waals surface area contributed by atoms with E-state index in [1.54, 1.807) is 12.3 Å². The predicted molar refractivity (Wildman–Crippen MR) is 65.0 cm³/mol. The largest absolute Gasteiger partial charge is 0.337 e. The molecule has 1 N–H and O–H groups in total. The molecule has 0 atom stereocenters. The highest BCUT2D eigenvalue weighted by Crippen LogP contribution is 2.15. The van der Waals surface area contributed by atoms with E-state index in [1.807, 2.05) is 22.9 Å². The Bertz CT molecular complexity index is 652. The van der Waals surface area contributed by atoms with Crippen molar-refractivity contribution in [3.8, 4) is 0 Å². The molecule has 3 rings (SSSR count). The molecule has 84 valence electrons. The Morgan fingerprint density at radius 2 is 2.12 bits per heavy atom. The minimum Gasteiger partial charge on any atom is -0.337 e. The SMILES string of the molecule is O=Cc1cc2cnn(Cc3ccccc3)c2[nH]1. The third-order valence-corrected chi connectivity index (χ3v) is 2.74. The van der Waals surface area contributed by atoms with Gasteiger partial charge in [-0.2, -0.15) is 5.10 Å². The topological polar surface area (TPSA) is 50.7 Å². The quantitative estimate of drug-likeness (QED) is 0.695. The highest BCUT2D eigenvalue weighted by Gasteiger charge is 2.06. The summed E-state index contributed by atoms with van der Waals surface area (Å²) in [5.74, 6) is 0. The van der Waals surface area contributed by atoms with Crippen molar-refractivity contribution in [2.75, 3.05) is 0 Å². The summed E-state index contributed by atoms with van der Waals surface area (Å²) in [6, 6.07) is 11.9. The maximum absolute atomic E-state index is 10.7. The first-order valence-corrected chi connectivity index (χ1v) is 5.40. The first kappa shape index (κ1) is 9.84. The van der Waals surface area contributed by atoms with Gasteiger partial charge in [-0.25, -0.2) is 4.68 Å². The van der Waals surface area contributed by atoms with E-state index in [0.29, 0.717) is 12.2 Å². The van der Waals surface area contributed by atoms with Crippen LogP contribution in [0, 0.1) is 0 Å². The van der Waals surface area contributed by atoms with Crippen LogP contribution in [0.25, 0.3) is 11.0 Å². The molecule has 0 radical (unpaired) electrons. The van der Waals surface area contributed by atoms with E-state index < -0.39 is 0 Å². The van der Waals surface area contributed by atoms with E-state index in [0.717, 1.165) is 17.3 Å². The molecule has 0 saturated carbocycles. The number of aromatic amines is 1. The number of aromatic nitrogens is 3. The first-order valence-electron chi connectivity index (χ1n) is 5.40. The predicted octanol–water partition coefficient (Wildman–Crippen LogP) is 2.23. The highest BCUT2D eigenvalue weighted by atomic mass is 16.1. The number of carbonyl (C=O) groups excluding carboxylic acids is 1. The van der Waals surface area contributed by atoms with Gasteiger partial charge in [0.25, 0.3) is 0 Å². The molecule has 0 fully saturated rings. The molecule has 0 bridgehead atoms. The second-order valence-corrected chi connectivity index (χ2v) is 3.93. The molecule has 0 aliphatic rings. The molecule has 2 aromatic heterocycles. The molecule has 0 saturated heterocycles. The maximum atomic E-state index is 10.7. The van der Waals surface area contributed by atoms with Crippen molar-refractivity contribution in [1.82, 2.24) is 14.8 Å².